The zero-order chi connectivity index (χ0) is 18.5. The third-order valence-corrected chi connectivity index (χ3v) is 4.21. The number of halogens is 1. The summed E-state index contributed by atoms with van der Waals surface area (Å²) in [6.45, 7) is 4.92. The Balaban J connectivity index is 0.00000261. The Hall–Kier alpha value is -2.56. The van der Waals surface area contributed by atoms with Crippen molar-refractivity contribution < 1.29 is 9.53 Å². The van der Waals surface area contributed by atoms with Gasteiger partial charge in [-0.1, -0.05) is 42.5 Å². The molecule has 0 aliphatic heterocycles. The van der Waals surface area contributed by atoms with E-state index in [1.807, 2.05) is 62.4 Å². The summed E-state index contributed by atoms with van der Waals surface area (Å²) >= 11 is 0. The molecule has 0 fully saturated rings. The lowest BCUT2D eigenvalue weighted by Gasteiger charge is -2.13. The molecule has 0 aromatic heterocycles. The lowest BCUT2D eigenvalue weighted by atomic mass is 9.95. The summed E-state index contributed by atoms with van der Waals surface area (Å²) in [5.74, 6) is 0.737. The molecule has 0 aliphatic rings. The molecular formula is C22H25ClN2O2. The van der Waals surface area contributed by atoms with E-state index >= 15 is 0 Å². The molecule has 3 aromatic rings. The molecule has 1 amide bonds. The second kappa shape index (κ2) is 9.40. The molecule has 0 unspecified atom stereocenters. The average molecular weight is 385 g/mol. The molecule has 3 N–H and O–H groups in total. The lowest BCUT2D eigenvalue weighted by Crippen LogP contribution is -2.35. The molecule has 0 heterocycles. The number of amides is 1. The van der Waals surface area contributed by atoms with Gasteiger partial charge in [0.05, 0.1) is 6.61 Å². The van der Waals surface area contributed by atoms with Crippen LogP contribution in [0.1, 0.15) is 24.2 Å². The number of nitrogens with two attached hydrogens (primary N) is 1. The zero-order valence-electron chi connectivity index (χ0n) is 15.6. The molecule has 0 spiro atoms. The van der Waals surface area contributed by atoms with Gasteiger partial charge in [-0.25, -0.2) is 0 Å². The molecule has 3 aromatic carbocycles. The first-order valence-electron chi connectivity index (χ1n) is 8.89. The summed E-state index contributed by atoms with van der Waals surface area (Å²) in [7, 11) is 0. The first kappa shape index (κ1) is 20.7. The van der Waals surface area contributed by atoms with Crippen molar-refractivity contribution in [2.24, 2.45) is 5.73 Å². The topological polar surface area (TPSA) is 64.3 Å². The maximum absolute atomic E-state index is 12.6. The number of benzene rings is 3. The summed E-state index contributed by atoms with van der Waals surface area (Å²) in [5.41, 5.74) is 8.54. The average Bonchev–Trinajstić information content (AvgIpc) is 2.65. The SMILES string of the molecule is CCOc1cccc(-c2cccc3c(C(=O)NC[C@H](C)N)cccc23)c1.Cl. The number of fused-ring (bicyclic) bond motifs is 1. The van der Waals surface area contributed by atoms with Gasteiger partial charge < -0.3 is 15.8 Å². The number of nitrogens with one attached hydrogen (secondary N) is 1. The van der Waals surface area contributed by atoms with Crippen LogP contribution >= 0.6 is 12.4 Å². The normalized spacial score (nSPS) is 11.5. The van der Waals surface area contributed by atoms with Crippen molar-refractivity contribution in [1.82, 2.24) is 5.32 Å². The van der Waals surface area contributed by atoms with E-state index in [-0.39, 0.29) is 24.4 Å². The molecule has 0 bridgehead atoms. The molecule has 3 rings (SSSR count). The molecule has 0 saturated heterocycles. The summed E-state index contributed by atoms with van der Waals surface area (Å²) in [6.07, 6.45) is 0. The Labute approximate surface area is 166 Å². The summed E-state index contributed by atoms with van der Waals surface area (Å²) in [6, 6.07) is 19.8. The largest absolute Gasteiger partial charge is 0.494 e. The number of hydrogen-bond acceptors (Lipinski definition) is 3. The van der Waals surface area contributed by atoms with Crippen molar-refractivity contribution in [3.05, 3.63) is 66.2 Å². The van der Waals surface area contributed by atoms with E-state index in [1.165, 1.54) is 0 Å². The number of carbonyl (C=O) groups excluding carboxylic acids is 1. The van der Waals surface area contributed by atoms with Crippen LogP contribution in [-0.2, 0) is 0 Å². The Morgan fingerprint density at radius 2 is 1.78 bits per heavy atom. The predicted molar refractivity (Wildman–Crippen MR) is 114 cm³/mol. The third kappa shape index (κ3) is 4.79. The number of hydrogen-bond donors (Lipinski definition) is 2. The zero-order valence-corrected chi connectivity index (χ0v) is 16.4. The third-order valence-electron chi connectivity index (χ3n) is 4.21. The second-order valence-electron chi connectivity index (χ2n) is 6.35. The van der Waals surface area contributed by atoms with Gasteiger partial charge in [0.25, 0.3) is 5.91 Å². The first-order valence-corrected chi connectivity index (χ1v) is 8.89. The van der Waals surface area contributed by atoms with Crippen LogP contribution in [-0.4, -0.2) is 25.1 Å². The van der Waals surface area contributed by atoms with Crippen molar-refractivity contribution in [3.8, 4) is 16.9 Å². The van der Waals surface area contributed by atoms with Crippen LogP contribution in [0.5, 0.6) is 5.75 Å². The van der Waals surface area contributed by atoms with Gasteiger partial charge in [0.15, 0.2) is 0 Å². The molecule has 4 nitrogen and oxygen atoms in total. The first-order chi connectivity index (χ1) is 12.6. The standard InChI is InChI=1S/C22H24N2O2.ClH/c1-3-26-17-8-4-7-16(13-17)18-9-5-11-20-19(18)10-6-12-21(20)22(25)24-14-15(2)23;/h4-13,15H,3,14,23H2,1-2H3,(H,24,25);1H/t15-;/m0./s1. The Morgan fingerprint density at radius 3 is 2.52 bits per heavy atom. The Morgan fingerprint density at radius 1 is 1.07 bits per heavy atom. The molecular weight excluding hydrogens is 360 g/mol. The highest BCUT2D eigenvalue weighted by Gasteiger charge is 2.13. The van der Waals surface area contributed by atoms with Gasteiger partial charge in [-0.3, -0.25) is 4.79 Å². The Kier molecular flexibility index (Phi) is 7.22. The van der Waals surface area contributed by atoms with Gasteiger partial charge in [-0.05, 0) is 53.9 Å². The van der Waals surface area contributed by atoms with Gasteiger partial charge in [0, 0.05) is 18.2 Å². The fourth-order valence-electron chi connectivity index (χ4n) is 3.03. The van der Waals surface area contributed by atoms with Crippen molar-refractivity contribution in [3.63, 3.8) is 0 Å². The van der Waals surface area contributed by atoms with Crippen LogP contribution in [0.4, 0.5) is 0 Å². The van der Waals surface area contributed by atoms with Crippen molar-refractivity contribution in [2.75, 3.05) is 13.2 Å². The van der Waals surface area contributed by atoms with Gasteiger partial charge in [0.2, 0.25) is 0 Å². The number of rotatable bonds is 6. The minimum absolute atomic E-state index is 0. The van der Waals surface area contributed by atoms with E-state index in [0.717, 1.165) is 27.6 Å². The molecule has 0 saturated carbocycles. The highest BCUT2D eigenvalue weighted by atomic mass is 35.5. The highest BCUT2D eigenvalue weighted by molar-refractivity contribution is 6.10. The monoisotopic (exact) mass is 384 g/mol. The fraction of sp³-hybridized carbons (Fsp3) is 0.227. The van der Waals surface area contributed by atoms with E-state index in [2.05, 4.69) is 17.4 Å². The van der Waals surface area contributed by atoms with Crippen LogP contribution in [0.3, 0.4) is 0 Å². The van der Waals surface area contributed by atoms with Crippen molar-refractivity contribution in [2.45, 2.75) is 19.9 Å². The van der Waals surface area contributed by atoms with E-state index < -0.39 is 0 Å². The quantitative estimate of drug-likeness (QED) is 0.661. The molecule has 5 heteroatoms. The maximum atomic E-state index is 12.6. The van der Waals surface area contributed by atoms with Crippen LogP contribution in [0.2, 0.25) is 0 Å². The van der Waals surface area contributed by atoms with Crippen LogP contribution in [0, 0.1) is 0 Å². The fourth-order valence-corrected chi connectivity index (χ4v) is 3.03. The summed E-state index contributed by atoms with van der Waals surface area (Å²) < 4.78 is 5.62. The lowest BCUT2D eigenvalue weighted by molar-refractivity contribution is 0.0953. The van der Waals surface area contributed by atoms with E-state index in [4.69, 9.17) is 10.5 Å². The number of carbonyl (C=O) groups is 1. The molecule has 0 radical (unpaired) electrons. The van der Waals surface area contributed by atoms with Crippen LogP contribution in [0.25, 0.3) is 21.9 Å². The van der Waals surface area contributed by atoms with Gasteiger partial charge in [0.1, 0.15) is 5.75 Å². The van der Waals surface area contributed by atoms with Crippen molar-refractivity contribution >= 4 is 29.1 Å². The van der Waals surface area contributed by atoms with Gasteiger partial charge in [-0.2, -0.15) is 0 Å². The minimum atomic E-state index is -0.104. The van der Waals surface area contributed by atoms with Crippen LogP contribution < -0.4 is 15.8 Å². The van der Waals surface area contributed by atoms with Crippen LogP contribution in [0.15, 0.2) is 60.7 Å². The summed E-state index contributed by atoms with van der Waals surface area (Å²) in [5, 5.41) is 4.85. The van der Waals surface area contributed by atoms with E-state index in [9.17, 15) is 4.79 Å². The molecule has 142 valence electrons. The van der Waals surface area contributed by atoms with Gasteiger partial charge >= 0.3 is 0 Å². The highest BCUT2D eigenvalue weighted by Crippen LogP contribution is 2.32. The molecule has 0 aliphatic carbocycles. The van der Waals surface area contributed by atoms with Crippen molar-refractivity contribution in [1.29, 1.82) is 0 Å². The van der Waals surface area contributed by atoms with E-state index in [1.54, 1.807) is 0 Å². The van der Waals surface area contributed by atoms with Gasteiger partial charge in [-0.15, -0.1) is 12.4 Å². The molecule has 27 heavy (non-hydrogen) atoms. The minimum Gasteiger partial charge on any atom is -0.494 e. The second-order valence-corrected chi connectivity index (χ2v) is 6.35. The summed E-state index contributed by atoms with van der Waals surface area (Å²) in [4.78, 5) is 12.6. The smallest absolute Gasteiger partial charge is 0.251 e. The van der Waals surface area contributed by atoms with E-state index in [0.29, 0.717) is 18.7 Å². The molecule has 1 atom stereocenters. The Bertz CT molecular complexity index is 925. The maximum Gasteiger partial charge on any atom is 0.251 e. The predicted octanol–water partition coefficient (Wildman–Crippen LogP) is 4.40. The number of ether oxygens (including phenoxy) is 1.